The number of thioether (sulfide) groups is 1. The molecule has 4 atom stereocenters. The summed E-state index contributed by atoms with van der Waals surface area (Å²) in [5.41, 5.74) is 4.90. The molecule has 4 unspecified atom stereocenters. The molecule has 0 spiro atoms. The maximum Gasteiger partial charge on any atom is 0.0788 e. The van der Waals surface area contributed by atoms with Crippen molar-refractivity contribution in [1.82, 2.24) is 0 Å². The zero-order valence-electron chi connectivity index (χ0n) is 22.0. The zero-order valence-corrected chi connectivity index (χ0v) is 22.8. The van der Waals surface area contributed by atoms with Crippen LogP contribution in [0.3, 0.4) is 0 Å². The van der Waals surface area contributed by atoms with E-state index in [0.29, 0.717) is 17.3 Å². The van der Waals surface area contributed by atoms with Gasteiger partial charge in [0.1, 0.15) is 0 Å². The van der Waals surface area contributed by atoms with Crippen LogP contribution in [-0.2, 0) is 11.2 Å². The summed E-state index contributed by atoms with van der Waals surface area (Å²) >= 11 is 2.18. The molecular formula is C31H48OS. The molecule has 3 aliphatic carbocycles. The Morgan fingerprint density at radius 2 is 1.67 bits per heavy atom. The van der Waals surface area contributed by atoms with Crippen LogP contribution >= 0.6 is 11.8 Å². The highest BCUT2D eigenvalue weighted by molar-refractivity contribution is 8.01. The van der Waals surface area contributed by atoms with Gasteiger partial charge in [0.25, 0.3) is 0 Å². The molecule has 33 heavy (non-hydrogen) atoms. The highest BCUT2D eigenvalue weighted by Crippen LogP contribution is 2.63. The second kappa shape index (κ2) is 9.53. The number of ether oxygens (including phenoxy) is 1. The quantitative estimate of drug-likeness (QED) is 0.339. The van der Waals surface area contributed by atoms with Crippen molar-refractivity contribution >= 4 is 11.8 Å². The third kappa shape index (κ3) is 4.95. The molecule has 1 aliphatic heterocycles. The first-order chi connectivity index (χ1) is 15.8. The molecular weight excluding hydrogens is 420 g/mol. The predicted molar refractivity (Wildman–Crippen MR) is 143 cm³/mol. The van der Waals surface area contributed by atoms with Crippen LogP contribution in [0.4, 0.5) is 0 Å². The van der Waals surface area contributed by atoms with Gasteiger partial charge in [-0.2, -0.15) is 0 Å². The topological polar surface area (TPSA) is 9.23 Å². The molecule has 1 heterocycles. The maximum absolute atomic E-state index is 6.67. The first-order valence-corrected chi connectivity index (χ1v) is 15.2. The number of rotatable bonds is 10. The van der Waals surface area contributed by atoms with Crippen LogP contribution in [0.15, 0.2) is 18.2 Å². The van der Waals surface area contributed by atoms with E-state index in [2.05, 4.69) is 64.6 Å². The third-order valence-electron chi connectivity index (χ3n) is 10.0. The monoisotopic (exact) mass is 468 g/mol. The van der Waals surface area contributed by atoms with Crippen molar-refractivity contribution < 1.29 is 4.74 Å². The van der Waals surface area contributed by atoms with Crippen LogP contribution in [0, 0.1) is 11.8 Å². The number of aryl methyl sites for hydroxylation is 1. The molecule has 5 rings (SSSR count). The number of fused-ring (bicyclic) bond motifs is 1. The summed E-state index contributed by atoms with van der Waals surface area (Å²) in [6.45, 7) is 11.7. The molecule has 0 amide bonds. The molecule has 0 N–H and O–H groups in total. The van der Waals surface area contributed by atoms with E-state index in [1.165, 1.54) is 77.0 Å². The minimum absolute atomic E-state index is 0.0612. The van der Waals surface area contributed by atoms with Crippen molar-refractivity contribution in [1.29, 1.82) is 0 Å². The van der Waals surface area contributed by atoms with E-state index < -0.39 is 0 Å². The molecule has 1 nitrogen and oxygen atoms in total. The number of hydrogen-bond donors (Lipinski definition) is 0. The highest BCUT2D eigenvalue weighted by Gasteiger charge is 2.63. The van der Waals surface area contributed by atoms with E-state index in [1.807, 2.05) is 0 Å². The van der Waals surface area contributed by atoms with Gasteiger partial charge in [-0.1, -0.05) is 70.1 Å². The number of benzene rings is 1. The summed E-state index contributed by atoms with van der Waals surface area (Å²) in [7, 11) is 0. The fraction of sp³-hybridized carbons (Fsp3) is 0.806. The normalized spacial score (nSPS) is 31.4. The average molecular weight is 469 g/mol. The molecule has 4 fully saturated rings. The Bertz CT molecular complexity index is 796. The fourth-order valence-electron chi connectivity index (χ4n) is 6.49. The van der Waals surface area contributed by atoms with Gasteiger partial charge in [0.05, 0.1) is 11.7 Å². The molecule has 3 saturated carbocycles. The molecule has 2 heteroatoms. The van der Waals surface area contributed by atoms with Crippen molar-refractivity contribution in [2.45, 2.75) is 145 Å². The molecule has 0 bridgehead atoms. The Hall–Kier alpha value is -0.470. The predicted octanol–water partition coefficient (Wildman–Crippen LogP) is 9.04. The summed E-state index contributed by atoms with van der Waals surface area (Å²) in [5.74, 6) is 3.38. The van der Waals surface area contributed by atoms with Crippen molar-refractivity contribution in [2.75, 3.05) is 0 Å². The van der Waals surface area contributed by atoms with Crippen LogP contribution in [0.25, 0.3) is 0 Å². The lowest BCUT2D eigenvalue weighted by atomic mass is 9.76. The van der Waals surface area contributed by atoms with Gasteiger partial charge < -0.3 is 4.74 Å². The molecule has 184 valence electrons. The highest BCUT2D eigenvalue weighted by atomic mass is 32.2. The fourth-order valence-corrected chi connectivity index (χ4v) is 8.23. The SMILES string of the molecule is CCCC(CCC1CCC1)c1ccc(C2C3OC(C)(C)C(C)(C)SC32)cc1CCC1CCC1. The van der Waals surface area contributed by atoms with Gasteiger partial charge in [-0.05, 0) is 94.2 Å². The van der Waals surface area contributed by atoms with E-state index in [9.17, 15) is 0 Å². The van der Waals surface area contributed by atoms with E-state index in [-0.39, 0.29) is 10.3 Å². The van der Waals surface area contributed by atoms with Crippen LogP contribution in [0.5, 0.6) is 0 Å². The largest absolute Gasteiger partial charge is 0.369 e. The summed E-state index contributed by atoms with van der Waals surface area (Å²) in [4.78, 5) is 0. The van der Waals surface area contributed by atoms with Gasteiger partial charge in [-0.25, -0.2) is 0 Å². The Morgan fingerprint density at radius 1 is 0.970 bits per heavy atom. The van der Waals surface area contributed by atoms with Crippen molar-refractivity contribution in [2.24, 2.45) is 11.8 Å². The van der Waals surface area contributed by atoms with Gasteiger partial charge in [0.2, 0.25) is 0 Å². The van der Waals surface area contributed by atoms with Gasteiger partial charge >= 0.3 is 0 Å². The van der Waals surface area contributed by atoms with Crippen LogP contribution in [-0.4, -0.2) is 21.7 Å². The van der Waals surface area contributed by atoms with Gasteiger partial charge in [0.15, 0.2) is 0 Å². The second-order valence-corrected chi connectivity index (χ2v) is 14.7. The first kappa shape index (κ1) is 24.2. The lowest BCUT2D eigenvalue weighted by Crippen LogP contribution is -2.48. The summed E-state index contributed by atoms with van der Waals surface area (Å²) < 4.78 is 6.84. The van der Waals surface area contributed by atoms with Crippen LogP contribution in [0.2, 0.25) is 0 Å². The smallest absolute Gasteiger partial charge is 0.0788 e. The molecule has 1 aromatic carbocycles. The Kier molecular flexibility index (Phi) is 7.00. The average Bonchev–Trinajstić information content (AvgIpc) is 3.34. The Labute approximate surface area is 208 Å². The van der Waals surface area contributed by atoms with Crippen molar-refractivity contribution in [3.63, 3.8) is 0 Å². The molecule has 1 saturated heterocycles. The molecule has 1 aromatic rings. The summed E-state index contributed by atoms with van der Waals surface area (Å²) in [6, 6.07) is 7.71. The van der Waals surface area contributed by atoms with Gasteiger partial charge in [-0.15, -0.1) is 11.8 Å². The Morgan fingerprint density at radius 3 is 2.27 bits per heavy atom. The minimum atomic E-state index is -0.0612. The maximum atomic E-state index is 6.67. The summed E-state index contributed by atoms with van der Waals surface area (Å²) in [6.07, 6.45) is 17.5. The third-order valence-corrected chi connectivity index (χ3v) is 11.9. The van der Waals surface area contributed by atoms with E-state index in [1.54, 1.807) is 16.7 Å². The standard InChI is InChI=1S/C31H48OS/c1-6-9-23(16-14-21-10-7-11-21)26-19-18-25(20-24(26)17-15-22-12-8-13-22)27-28-29(27)33-31(4,5)30(2,3)32-28/h18-23,27-29H,6-17H2,1-5H3. The number of hydrogen-bond acceptors (Lipinski definition) is 2. The van der Waals surface area contributed by atoms with E-state index >= 15 is 0 Å². The van der Waals surface area contributed by atoms with Crippen LogP contribution < -0.4 is 0 Å². The lowest BCUT2D eigenvalue weighted by molar-refractivity contribution is -0.0563. The zero-order chi connectivity index (χ0) is 23.2. The Balaban J connectivity index is 1.36. The first-order valence-electron chi connectivity index (χ1n) is 14.3. The van der Waals surface area contributed by atoms with Crippen LogP contribution in [0.1, 0.15) is 134 Å². The second-order valence-electron chi connectivity index (χ2n) is 12.9. The van der Waals surface area contributed by atoms with Gasteiger partial charge in [0, 0.05) is 15.9 Å². The summed E-state index contributed by atoms with van der Waals surface area (Å²) in [5, 5.41) is 0.642. The minimum Gasteiger partial charge on any atom is -0.369 e. The molecule has 0 aromatic heterocycles. The van der Waals surface area contributed by atoms with Crippen molar-refractivity contribution in [3.05, 3.63) is 34.9 Å². The van der Waals surface area contributed by atoms with E-state index in [4.69, 9.17) is 4.74 Å². The molecule has 4 aliphatic rings. The van der Waals surface area contributed by atoms with Gasteiger partial charge in [-0.3, -0.25) is 0 Å². The lowest BCUT2D eigenvalue weighted by Gasteiger charge is -2.44. The van der Waals surface area contributed by atoms with E-state index in [0.717, 1.165) is 17.8 Å². The molecule has 0 radical (unpaired) electrons. The van der Waals surface area contributed by atoms with Crippen molar-refractivity contribution in [3.8, 4) is 0 Å².